The van der Waals surface area contributed by atoms with E-state index in [9.17, 15) is 9.90 Å². The largest absolute Gasteiger partial charge is 0.543 e. The second kappa shape index (κ2) is 9.48. The number of epoxide rings is 1. The molecule has 1 aromatic carbocycles. The maximum absolute atomic E-state index is 13.7. The number of amides is 1. The first-order chi connectivity index (χ1) is 19.2. The summed E-state index contributed by atoms with van der Waals surface area (Å²) in [4.78, 5) is 15.2. The lowest BCUT2D eigenvalue weighted by Gasteiger charge is -2.55. The molecule has 2 heterocycles. The first-order valence-corrected chi connectivity index (χ1v) is 16.7. The van der Waals surface area contributed by atoms with Crippen LogP contribution in [0.3, 0.4) is 0 Å². The molecular formula is C32H39NO7Si. The summed E-state index contributed by atoms with van der Waals surface area (Å²) < 4.78 is 31.1. The normalized spacial score (nSPS) is 32.2. The first kappa shape index (κ1) is 29.4. The minimum absolute atomic E-state index is 0.0255. The van der Waals surface area contributed by atoms with Gasteiger partial charge in [-0.15, -0.1) is 0 Å². The zero-order chi connectivity index (χ0) is 30.1. The summed E-state index contributed by atoms with van der Waals surface area (Å²) >= 11 is 0. The Kier molecular flexibility index (Phi) is 6.81. The lowest BCUT2D eigenvalue weighted by molar-refractivity contribution is -0.316. The van der Waals surface area contributed by atoms with Crippen LogP contribution in [-0.4, -0.2) is 63.4 Å². The summed E-state index contributed by atoms with van der Waals surface area (Å²) in [7, 11) is 0.732. The molecule has 2 fully saturated rings. The van der Waals surface area contributed by atoms with Crippen LogP contribution >= 0.6 is 0 Å². The topological polar surface area (TPSA) is 90.0 Å². The predicted octanol–water partition coefficient (Wildman–Crippen LogP) is 4.88. The van der Waals surface area contributed by atoms with Gasteiger partial charge in [-0.25, -0.2) is 4.79 Å². The van der Waals surface area contributed by atoms with Gasteiger partial charge in [-0.05, 0) is 54.4 Å². The predicted molar refractivity (Wildman–Crippen MR) is 158 cm³/mol. The van der Waals surface area contributed by atoms with E-state index in [-0.39, 0.29) is 24.0 Å². The van der Waals surface area contributed by atoms with E-state index in [1.54, 1.807) is 18.2 Å². The number of anilines is 1. The highest BCUT2D eigenvalue weighted by Gasteiger charge is 2.93. The van der Waals surface area contributed by atoms with Gasteiger partial charge in [0.2, 0.25) is 19.7 Å². The molecule has 9 heteroatoms. The van der Waals surface area contributed by atoms with E-state index < -0.39 is 43.0 Å². The summed E-state index contributed by atoms with van der Waals surface area (Å²) in [5.41, 5.74) is -3.58. The van der Waals surface area contributed by atoms with E-state index in [0.717, 1.165) is 0 Å². The molecule has 0 spiro atoms. The zero-order valence-electron chi connectivity index (χ0n) is 25.1. The lowest BCUT2D eigenvalue weighted by atomic mass is 9.55. The van der Waals surface area contributed by atoms with Crippen molar-refractivity contribution in [2.75, 3.05) is 25.7 Å². The van der Waals surface area contributed by atoms with Crippen molar-refractivity contribution in [1.82, 2.24) is 0 Å². The number of aliphatic hydroxyl groups is 1. The molecule has 2 aliphatic carbocycles. The highest BCUT2D eigenvalue weighted by Crippen LogP contribution is 2.77. The van der Waals surface area contributed by atoms with Gasteiger partial charge in [-0.2, -0.15) is 0 Å². The standard InChI is InChI=1S/C32H39NO7Si/c1-10-19-38-27(34)33-25-17-16-23(39-41(8,9)28(3,4)5)20-24(25)32-29(35)18-14-12-11-13-15-26(33)31(32,40-32)22(2)21-30(29,36-6)37-7/h10-12,16-17,20,22,26,35H,1,19,21H2,2-9H3/t22-,26-,29-,31-,32-/m0/s1. The second-order valence-corrected chi connectivity index (χ2v) is 17.3. The van der Waals surface area contributed by atoms with Gasteiger partial charge in [0.25, 0.3) is 0 Å². The Morgan fingerprint density at radius 1 is 1.24 bits per heavy atom. The Balaban J connectivity index is 1.84. The van der Waals surface area contributed by atoms with Crippen molar-refractivity contribution in [3.8, 4) is 29.4 Å². The fourth-order valence-electron chi connectivity index (χ4n) is 6.49. The first-order valence-electron chi connectivity index (χ1n) is 13.8. The minimum Gasteiger partial charge on any atom is -0.543 e. The highest BCUT2D eigenvalue weighted by molar-refractivity contribution is 6.74. The molecule has 4 bridgehead atoms. The fourth-order valence-corrected chi connectivity index (χ4v) is 7.51. The maximum Gasteiger partial charge on any atom is 0.415 e. The van der Waals surface area contributed by atoms with Gasteiger partial charge in [0, 0.05) is 26.2 Å². The third kappa shape index (κ3) is 3.73. The Bertz CT molecular complexity index is 1440. The van der Waals surface area contributed by atoms with Crippen molar-refractivity contribution in [2.45, 2.75) is 80.9 Å². The van der Waals surface area contributed by atoms with Crippen molar-refractivity contribution in [3.63, 3.8) is 0 Å². The maximum atomic E-state index is 13.7. The molecule has 5 rings (SSSR count). The highest BCUT2D eigenvalue weighted by atomic mass is 28.4. The molecule has 4 aliphatic rings. The third-order valence-electron chi connectivity index (χ3n) is 9.55. The van der Waals surface area contributed by atoms with Gasteiger partial charge in [-0.1, -0.05) is 64.0 Å². The summed E-state index contributed by atoms with van der Waals surface area (Å²) in [6, 6.07) is 4.69. The minimum atomic E-state index is -2.26. The van der Waals surface area contributed by atoms with E-state index in [2.05, 4.69) is 64.1 Å². The third-order valence-corrected chi connectivity index (χ3v) is 13.9. The Labute approximate surface area is 243 Å². The fraction of sp³-hybridized carbons (Fsp3) is 0.531. The Hall–Kier alpha value is -3.05. The lowest BCUT2D eigenvalue weighted by Crippen LogP contribution is -2.73. The molecule has 1 aromatic rings. The number of benzene rings is 1. The molecule has 41 heavy (non-hydrogen) atoms. The van der Waals surface area contributed by atoms with E-state index >= 15 is 0 Å². The quantitative estimate of drug-likeness (QED) is 0.169. The van der Waals surface area contributed by atoms with Crippen molar-refractivity contribution in [1.29, 1.82) is 0 Å². The van der Waals surface area contributed by atoms with Gasteiger partial charge < -0.3 is 28.5 Å². The van der Waals surface area contributed by atoms with Crippen LogP contribution in [0.1, 0.15) is 39.7 Å². The number of allylic oxidation sites excluding steroid dienone is 2. The summed E-state index contributed by atoms with van der Waals surface area (Å²) in [6.07, 6.45) is 4.29. The van der Waals surface area contributed by atoms with Crippen molar-refractivity contribution >= 4 is 20.1 Å². The number of rotatable bonds is 6. The monoisotopic (exact) mass is 577 g/mol. The molecule has 218 valence electrons. The number of nitrogens with zero attached hydrogens (tertiary/aromatic N) is 1. The van der Waals surface area contributed by atoms with Gasteiger partial charge in [-0.3, -0.25) is 4.90 Å². The van der Waals surface area contributed by atoms with Gasteiger partial charge >= 0.3 is 6.09 Å². The van der Waals surface area contributed by atoms with Crippen LogP contribution in [0.2, 0.25) is 18.1 Å². The molecule has 1 N–H and O–H groups in total. The van der Waals surface area contributed by atoms with Crippen LogP contribution in [0, 0.1) is 29.6 Å². The molecule has 1 amide bonds. The molecule has 2 aliphatic heterocycles. The van der Waals surface area contributed by atoms with Crippen LogP contribution in [0.25, 0.3) is 0 Å². The molecule has 8 nitrogen and oxygen atoms in total. The molecule has 1 saturated heterocycles. The number of fused-ring (bicyclic) bond motifs is 1. The number of methoxy groups -OCH3 is 2. The number of carbonyl (C=O) groups is 1. The van der Waals surface area contributed by atoms with Gasteiger partial charge in [0.15, 0.2) is 5.60 Å². The van der Waals surface area contributed by atoms with Gasteiger partial charge in [0.05, 0.1) is 5.69 Å². The zero-order valence-corrected chi connectivity index (χ0v) is 26.1. The molecule has 0 unspecified atom stereocenters. The molecule has 0 aromatic heterocycles. The van der Waals surface area contributed by atoms with Crippen LogP contribution in [0.5, 0.6) is 5.75 Å². The molecular weight excluding hydrogens is 538 g/mol. The van der Waals surface area contributed by atoms with E-state index in [1.807, 2.05) is 19.1 Å². The van der Waals surface area contributed by atoms with Crippen LogP contribution in [-0.2, 0) is 24.5 Å². The van der Waals surface area contributed by atoms with E-state index in [0.29, 0.717) is 17.0 Å². The molecule has 0 radical (unpaired) electrons. The van der Waals surface area contributed by atoms with Crippen LogP contribution in [0.4, 0.5) is 10.5 Å². The van der Waals surface area contributed by atoms with Crippen LogP contribution < -0.4 is 9.33 Å². The molecule has 5 atom stereocenters. The second-order valence-electron chi connectivity index (χ2n) is 12.6. The number of hydrogen-bond donors (Lipinski definition) is 1. The summed E-state index contributed by atoms with van der Waals surface area (Å²) in [6.45, 7) is 16.5. The average Bonchev–Trinajstić information content (AvgIpc) is 3.65. The SMILES string of the molecule is C=CCOC(=O)N1c2ccc(O[Si](C)(C)C(C)(C)C)cc2[C@@]23O[C@@]24[C@@H]1C#CC=CC#C[C@]3(O)C(OC)(OC)C[C@@H]4C. The number of hydrogen-bond acceptors (Lipinski definition) is 7. The Morgan fingerprint density at radius 2 is 1.93 bits per heavy atom. The van der Waals surface area contributed by atoms with Crippen molar-refractivity contribution in [2.24, 2.45) is 5.92 Å². The average molecular weight is 578 g/mol. The van der Waals surface area contributed by atoms with E-state index in [4.69, 9.17) is 23.4 Å². The van der Waals surface area contributed by atoms with Crippen molar-refractivity contribution < 1.29 is 33.3 Å². The summed E-state index contributed by atoms with van der Waals surface area (Å²) in [5, 5.41) is 12.8. The molecule has 1 saturated carbocycles. The Morgan fingerprint density at radius 3 is 2.56 bits per heavy atom. The smallest absolute Gasteiger partial charge is 0.415 e. The number of ether oxygens (including phenoxy) is 4. The van der Waals surface area contributed by atoms with Gasteiger partial charge in [0.1, 0.15) is 24.0 Å². The van der Waals surface area contributed by atoms with Crippen molar-refractivity contribution in [3.05, 3.63) is 48.6 Å². The van der Waals surface area contributed by atoms with E-state index in [1.165, 1.54) is 25.2 Å². The van der Waals surface area contributed by atoms with Crippen LogP contribution in [0.15, 0.2) is 43.0 Å². The number of carbonyl (C=O) groups excluding carboxylic acids is 1. The summed E-state index contributed by atoms with van der Waals surface area (Å²) in [5.74, 6) is 11.0.